The number of hydrogen-bond donors (Lipinski definition) is 1. The molecule has 0 saturated heterocycles. The SMILES string of the molecule is CCCCOc1cc(-c2cnn(CCN)c2)ccc1C. The molecule has 108 valence electrons. The molecule has 2 N–H and O–H groups in total. The zero-order chi connectivity index (χ0) is 14.4. The Labute approximate surface area is 120 Å². The first-order valence-electron chi connectivity index (χ1n) is 7.21. The van der Waals surface area contributed by atoms with Gasteiger partial charge in [-0.3, -0.25) is 4.68 Å². The van der Waals surface area contributed by atoms with E-state index < -0.39 is 0 Å². The number of nitrogens with two attached hydrogens (primary N) is 1. The molecule has 1 aromatic heterocycles. The lowest BCUT2D eigenvalue weighted by atomic mass is 10.1. The number of unbranched alkanes of at least 4 members (excludes halogenated alkanes) is 1. The molecule has 0 aliphatic carbocycles. The van der Waals surface area contributed by atoms with Crippen molar-refractivity contribution >= 4 is 0 Å². The molecule has 20 heavy (non-hydrogen) atoms. The molecule has 4 nitrogen and oxygen atoms in total. The Bertz CT molecular complexity index is 548. The van der Waals surface area contributed by atoms with E-state index >= 15 is 0 Å². The number of ether oxygens (including phenoxy) is 1. The van der Waals surface area contributed by atoms with E-state index in [2.05, 4.69) is 37.1 Å². The molecule has 1 aromatic carbocycles. The Morgan fingerprint density at radius 3 is 2.90 bits per heavy atom. The van der Waals surface area contributed by atoms with Crippen molar-refractivity contribution in [3.05, 3.63) is 36.2 Å². The fourth-order valence-corrected chi connectivity index (χ4v) is 2.03. The summed E-state index contributed by atoms with van der Waals surface area (Å²) in [6.45, 7) is 6.35. The molecule has 0 atom stereocenters. The lowest BCUT2D eigenvalue weighted by Gasteiger charge is -2.10. The molecule has 2 aromatic rings. The van der Waals surface area contributed by atoms with Crippen molar-refractivity contribution in [2.75, 3.05) is 13.2 Å². The predicted octanol–water partition coefficient (Wildman–Crippen LogP) is 3.00. The summed E-state index contributed by atoms with van der Waals surface area (Å²) in [6.07, 6.45) is 6.12. The predicted molar refractivity (Wildman–Crippen MR) is 81.9 cm³/mol. The van der Waals surface area contributed by atoms with Crippen LogP contribution in [0.4, 0.5) is 0 Å². The van der Waals surface area contributed by atoms with Crippen molar-refractivity contribution in [2.45, 2.75) is 33.2 Å². The van der Waals surface area contributed by atoms with Gasteiger partial charge in [0.2, 0.25) is 0 Å². The van der Waals surface area contributed by atoms with E-state index in [9.17, 15) is 0 Å². The summed E-state index contributed by atoms with van der Waals surface area (Å²) < 4.78 is 7.71. The van der Waals surface area contributed by atoms with E-state index in [0.717, 1.165) is 42.9 Å². The molecule has 0 amide bonds. The maximum Gasteiger partial charge on any atom is 0.122 e. The minimum atomic E-state index is 0.598. The highest BCUT2D eigenvalue weighted by atomic mass is 16.5. The standard InChI is InChI=1S/C16H23N3O/c1-3-4-9-20-16-10-14(6-5-13(16)2)15-11-18-19(12-15)8-7-17/h5-6,10-12H,3-4,7-9,17H2,1-2H3. The number of aryl methyl sites for hydroxylation is 1. The van der Waals surface area contributed by atoms with Crippen LogP contribution in [0.5, 0.6) is 5.75 Å². The average Bonchev–Trinajstić information content (AvgIpc) is 2.90. The first-order valence-corrected chi connectivity index (χ1v) is 7.21. The lowest BCUT2D eigenvalue weighted by Crippen LogP contribution is -2.09. The molecular formula is C16H23N3O. The van der Waals surface area contributed by atoms with Crippen LogP contribution in [0, 0.1) is 6.92 Å². The Hall–Kier alpha value is -1.81. The van der Waals surface area contributed by atoms with E-state index in [1.165, 1.54) is 5.56 Å². The average molecular weight is 273 g/mol. The van der Waals surface area contributed by atoms with E-state index in [1.54, 1.807) is 0 Å². The van der Waals surface area contributed by atoms with Crippen molar-refractivity contribution in [2.24, 2.45) is 5.73 Å². The van der Waals surface area contributed by atoms with Crippen LogP contribution in [-0.2, 0) is 6.54 Å². The first-order chi connectivity index (χ1) is 9.74. The van der Waals surface area contributed by atoms with Gasteiger partial charge in [0.05, 0.1) is 19.3 Å². The molecule has 2 rings (SSSR count). The van der Waals surface area contributed by atoms with Gasteiger partial charge in [0.15, 0.2) is 0 Å². The van der Waals surface area contributed by atoms with E-state index in [1.807, 2.05) is 17.1 Å². The molecule has 0 spiro atoms. The third kappa shape index (κ3) is 3.61. The van der Waals surface area contributed by atoms with E-state index in [0.29, 0.717) is 6.54 Å². The number of rotatable bonds is 7. The fraction of sp³-hybridized carbons (Fsp3) is 0.438. The lowest BCUT2D eigenvalue weighted by molar-refractivity contribution is 0.307. The van der Waals surface area contributed by atoms with Gasteiger partial charge in [0, 0.05) is 18.3 Å². The third-order valence-corrected chi connectivity index (χ3v) is 3.27. The number of nitrogens with zero attached hydrogens (tertiary/aromatic N) is 2. The summed E-state index contributed by atoms with van der Waals surface area (Å²) in [6, 6.07) is 6.29. The van der Waals surface area contributed by atoms with Crippen molar-refractivity contribution < 1.29 is 4.74 Å². The Kier molecular flexibility index (Phi) is 5.18. The fourth-order valence-electron chi connectivity index (χ4n) is 2.03. The minimum Gasteiger partial charge on any atom is -0.493 e. The van der Waals surface area contributed by atoms with Gasteiger partial charge in [-0.05, 0) is 30.5 Å². The van der Waals surface area contributed by atoms with Crippen LogP contribution >= 0.6 is 0 Å². The summed E-state index contributed by atoms with van der Waals surface area (Å²) in [5, 5.41) is 4.31. The second-order valence-electron chi connectivity index (χ2n) is 4.96. The summed E-state index contributed by atoms with van der Waals surface area (Å²) in [7, 11) is 0. The van der Waals surface area contributed by atoms with E-state index in [-0.39, 0.29) is 0 Å². The van der Waals surface area contributed by atoms with Crippen LogP contribution in [-0.4, -0.2) is 22.9 Å². The summed E-state index contributed by atoms with van der Waals surface area (Å²) in [5.74, 6) is 0.961. The Balaban J connectivity index is 2.16. The van der Waals surface area contributed by atoms with Gasteiger partial charge < -0.3 is 10.5 Å². The number of hydrogen-bond acceptors (Lipinski definition) is 3. The van der Waals surface area contributed by atoms with Crippen LogP contribution < -0.4 is 10.5 Å². The molecule has 0 unspecified atom stereocenters. The van der Waals surface area contributed by atoms with Crippen LogP contribution in [0.1, 0.15) is 25.3 Å². The van der Waals surface area contributed by atoms with Crippen LogP contribution in [0.2, 0.25) is 0 Å². The van der Waals surface area contributed by atoms with E-state index in [4.69, 9.17) is 10.5 Å². The van der Waals surface area contributed by atoms with Gasteiger partial charge in [-0.2, -0.15) is 5.10 Å². The van der Waals surface area contributed by atoms with Gasteiger partial charge in [0.25, 0.3) is 0 Å². The summed E-state index contributed by atoms with van der Waals surface area (Å²) in [5.41, 5.74) is 8.93. The highest BCUT2D eigenvalue weighted by Gasteiger charge is 2.06. The zero-order valence-corrected chi connectivity index (χ0v) is 12.3. The molecular weight excluding hydrogens is 250 g/mol. The molecule has 0 fully saturated rings. The zero-order valence-electron chi connectivity index (χ0n) is 12.3. The topological polar surface area (TPSA) is 53.1 Å². The van der Waals surface area contributed by atoms with Crippen molar-refractivity contribution in [3.63, 3.8) is 0 Å². The maximum absolute atomic E-state index is 5.85. The highest BCUT2D eigenvalue weighted by molar-refractivity contribution is 5.64. The molecule has 4 heteroatoms. The monoisotopic (exact) mass is 273 g/mol. The summed E-state index contributed by atoms with van der Waals surface area (Å²) >= 11 is 0. The van der Waals surface area contributed by atoms with Crippen molar-refractivity contribution in [1.29, 1.82) is 0 Å². The first kappa shape index (κ1) is 14.6. The molecule has 0 bridgehead atoms. The van der Waals surface area contributed by atoms with Crippen LogP contribution in [0.25, 0.3) is 11.1 Å². The smallest absolute Gasteiger partial charge is 0.122 e. The quantitative estimate of drug-likeness (QED) is 0.789. The van der Waals surface area contributed by atoms with Crippen molar-refractivity contribution in [1.82, 2.24) is 9.78 Å². The van der Waals surface area contributed by atoms with Crippen molar-refractivity contribution in [3.8, 4) is 16.9 Å². The van der Waals surface area contributed by atoms with Crippen LogP contribution in [0.15, 0.2) is 30.6 Å². The Morgan fingerprint density at radius 2 is 2.15 bits per heavy atom. The second-order valence-corrected chi connectivity index (χ2v) is 4.96. The third-order valence-electron chi connectivity index (χ3n) is 3.27. The van der Waals surface area contributed by atoms with Gasteiger partial charge >= 0.3 is 0 Å². The number of aromatic nitrogens is 2. The second kappa shape index (κ2) is 7.10. The number of benzene rings is 1. The van der Waals surface area contributed by atoms with Gasteiger partial charge in [-0.25, -0.2) is 0 Å². The van der Waals surface area contributed by atoms with Gasteiger partial charge in [0.1, 0.15) is 5.75 Å². The van der Waals surface area contributed by atoms with Crippen LogP contribution in [0.3, 0.4) is 0 Å². The largest absolute Gasteiger partial charge is 0.493 e. The molecule has 1 heterocycles. The molecule has 0 aliphatic rings. The Morgan fingerprint density at radius 1 is 1.30 bits per heavy atom. The normalized spacial score (nSPS) is 10.8. The molecule has 0 saturated carbocycles. The minimum absolute atomic E-state index is 0.598. The highest BCUT2D eigenvalue weighted by Crippen LogP contribution is 2.26. The summed E-state index contributed by atoms with van der Waals surface area (Å²) in [4.78, 5) is 0. The van der Waals surface area contributed by atoms with Gasteiger partial charge in [-0.15, -0.1) is 0 Å². The molecule has 0 aliphatic heterocycles. The van der Waals surface area contributed by atoms with Gasteiger partial charge in [-0.1, -0.05) is 25.5 Å². The molecule has 0 radical (unpaired) electrons. The maximum atomic E-state index is 5.85.